The molecule has 1 aromatic carbocycles. The second-order valence-electron chi connectivity index (χ2n) is 4.23. The molecular formula is C14H14BrClN2O. The van der Waals surface area contributed by atoms with Gasteiger partial charge in [-0.05, 0) is 53.2 Å². The van der Waals surface area contributed by atoms with Gasteiger partial charge in [0.25, 0.3) is 0 Å². The summed E-state index contributed by atoms with van der Waals surface area (Å²) in [5, 5.41) is 0.648. The van der Waals surface area contributed by atoms with Crippen molar-refractivity contribution < 1.29 is 4.74 Å². The third-order valence-corrected chi connectivity index (χ3v) is 3.46. The molecule has 100 valence electrons. The summed E-state index contributed by atoms with van der Waals surface area (Å²) in [5.41, 5.74) is 6.80. The Bertz CT molecular complexity index is 548. The maximum absolute atomic E-state index is 5.99. The molecule has 2 rings (SSSR count). The Hall–Kier alpha value is -1.10. The summed E-state index contributed by atoms with van der Waals surface area (Å²) in [6.07, 6.45) is 1.42. The van der Waals surface area contributed by atoms with E-state index in [9.17, 15) is 0 Å². The van der Waals surface area contributed by atoms with E-state index in [0.29, 0.717) is 10.8 Å². The van der Waals surface area contributed by atoms with Crippen molar-refractivity contribution in [1.82, 2.24) is 4.98 Å². The van der Waals surface area contributed by atoms with Crippen molar-refractivity contribution in [3.05, 3.63) is 57.8 Å². The maximum atomic E-state index is 5.99. The largest absolute Gasteiger partial charge is 0.481 e. The van der Waals surface area contributed by atoms with Crippen molar-refractivity contribution in [3.8, 4) is 5.75 Å². The molecule has 0 saturated carbocycles. The first-order valence-corrected chi connectivity index (χ1v) is 7.03. The number of ether oxygens (including phenoxy) is 1. The number of nitrogens with two attached hydrogens (primary N) is 1. The Morgan fingerprint density at radius 2 is 2.11 bits per heavy atom. The predicted octanol–water partition coefficient (Wildman–Crippen LogP) is 3.96. The zero-order valence-electron chi connectivity index (χ0n) is 10.4. The number of hydrogen-bond acceptors (Lipinski definition) is 3. The van der Waals surface area contributed by atoms with Crippen LogP contribution in [0.15, 0.2) is 47.1 Å². The average Bonchev–Trinajstić information content (AvgIpc) is 2.38. The molecule has 2 atom stereocenters. The first kappa shape index (κ1) is 14.3. The number of hydrogen-bond donors (Lipinski definition) is 1. The lowest BCUT2D eigenvalue weighted by Gasteiger charge is -2.22. The normalized spacial score (nSPS) is 13.9. The highest BCUT2D eigenvalue weighted by Gasteiger charge is 2.20. The van der Waals surface area contributed by atoms with Crippen molar-refractivity contribution >= 4 is 27.5 Å². The van der Waals surface area contributed by atoms with Crippen LogP contribution in [0.2, 0.25) is 5.02 Å². The third-order valence-electron chi connectivity index (χ3n) is 2.60. The summed E-state index contributed by atoms with van der Waals surface area (Å²) < 4.78 is 6.75. The van der Waals surface area contributed by atoms with E-state index < -0.39 is 0 Å². The van der Waals surface area contributed by atoms with Gasteiger partial charge >= 0.3 is 0 Å². The van der Waals surface area contributed by atoms with E-state index >= 15 is 0 Å². The molecule has 0 aliphatic carbocycles. The molecule has 0 radical (unpaired) electrons. The van der Waals surface area contributed by atoms with E-state index in [1.165, 1.54) is 0 Å². The fourth-order valence-electron chi connectivity index (χ4n) is 1.69. The van der Waals surface area contributed by atoms with Gasteiger partial charge in [0.2, 0.25) is 0 Å². The van der Waals surface area contributed by atoms with Gasteiger partial charge in [0, 0.05) is 17.3 Å². The molecule has 1 heterocycles. The fourth-order valence-corrected chi connectivity index (χ4v) is 2.47. The van der Waals surface area contributed by atoms with Gasteiger partial charge in [0.05, 0.1) is 10.2 Å². The van der Waals surface area contributed by atoms with E-state index in [4.69, 9.17) is 22.1 Å². The zero-order chi connectivity index (χ0) is 13.8. The number of nitrogens with zero attached hydrogens (tertiary/aromatic N) is 1. The lowest BCUT2D eigenvalue weighted by molar-refractivity contribution is 0.174. The highest BCUT2D eigenvalue weighted by molar-refractivity contribution is 9.10. The minimum absolute atomic E-state index is 0.183. The molecule has 2 aromatic rings. The van der Waals surface area contributed by atoms with E-state index in [-0.39, 0.29) is 12.1 Å². The summed E-state index contributed by atoms with van der Waals surface area (Å²) >= 11 is 9.34. The summed E-state index contributed by atoms with van der Waals surface area (Å²) in [5.74, 6) is 0.692. The summed E-state index contributed by atoms with van der Waals surface area (Å²) in [7, 11) is 0. The van der Waals surface area contributed by atoms with Crippen LogP contribution >= 0.6 is 27.5 Å². The van der Waals surface area contributed by atoms with Gasteiger partial charge in [-0.2, -0.15) is 0 Å². The number of rotatable bonds is 4. The molecular weight excluding hydrogens is 328 g/mol. The van der Waals surface area contributed by atoms with Crippen LogP contribution in [0.5, 0.6) is 5.75 Å². The number of halogens is 2. The molecule has 0 aliphatic heterocycles. The zero-order valence-corrected chi connectivity index (χ0v) is 12.7. The molecule has 0 saturated heterocycles. The quantitative estimate of drug-likeness (QED) is 0.915. The summed E-state index contributed by atoms with van der Waals surface area (Å²) in [4.78, 5) is 4.30. The van der Waals surface area contributed by atoms with Crippen molar-refractivity contribution in [1.29, 1.82) is 0 Å². The second kappa shape index (κ2) is 6.37. The Morgan fingerprint density at radius 1 is 1.32 bits per heavy atom. The Balaban J connectivity index is 2.27. The van der Waals surface area contributed by atoms with Crippen LogP contribution in [-0.2, 0) is 0 Å². The van der Waals surface area contributed by atoms with Gasteiger partial charge in [-0.25, -0.2) is 0 Å². The molecule has 2 unspecified atom stereocenters. The average molecular weight is 342 g/mol. The fraction of sp³-hybridized carbons (Fsp3) is 0.214. The molecule has 0 amide bonds. The number of benzene rings is 1. The Morgan fingerprint density at radius 3 is 2.68 bits per heavy atom. The lowest BCUT2D eigenvalue weighted by Crippen LogP contribution is -2.29. The molecule has 3 nitrogen and oxygen atoms in total. The van der Waals surface area contributed by atoms with E-state index in [1.54, 1.807) is 18.3 Å². The highest BCUT2D eigenvalue weighted by atomic mass is 79.9. The van der Waals surface area contributed by atoms with Crippen molar-refractivity contribution in [3.63, 3.8) is 0 Å². The van der Waals surface area contributed by atoms with Crippen LogP contribution in [0, 0.1) is 0 Å². The molecule has 0 fully saturated rings. The topological polar surface area (TPSA) is 48.1 Å². The van der Waals surface area contributed by atoms with Crippen LogP contribution in [0.4, 0.5) is 0 Å². The van der Waals surface area contributed by atoms with Gasteiger partial charge < -0.3 is 10.5 Å². The van der Waals surface area contributed by atoms with Crippen LogP contribution in [0.3, 0.4) is 0 Å². The Labute approximate surface area is 125 Å². The van der Waals surface area contributed by atoms with Crippen LogP contribution in [0.1, 0.15) is 18.7 Å². The van der Waals surface area contributed by atoms with Crippen molar-refractivity contribution in [2.45, 2.75) is 19.1 Å². The van der Waals surface area contributed by atoms with E-state index in [0.717, 1.165) is 10.2 Å². The van der Waals surface area contributed by atoms with Gasteiger partial charge in [0.1, 0.15) is 5.75 Å². The second-order valence-corrected chi connectivity index (χ2v) is 5.52. The Kier molecular flexibility index (Phi) is 4.80. The van der Waals surface area contributed by atoms with Crippen molar-refractivity contribution in [2.24, 2.45) is 5.73 Å². The monoisotopic (exact) mass is 340 g/mol. The van der Waals surface area contributed by atoms with Gasteiger partial charge in [-0.15, -0.1) is 0 Å². The smallest absolute Gasteiger partial charge is 0.155 e. The first-order chi connectivity index (χ1) is 9.08. The van der Waals surface area contributed by atoms with Crippen molar-refractivity contribution in [2.75, 3.05) is 0 Å². The van der Waals surface area contributed by atoms with Gasteiger partial charge in [0.15, 0.2) is 6.10 Å². The van der Waals surface area contributed by atoms with Gasteiger partial charge in [-0.1, -0.05) is 17.7 Å². The number of aromatic nitrogens is 1. The van der Waals surface area contributed by atoms with Crippen LogP contribution in [0.25, 0.3) is 0 Å². The molecule has 2 N–H and O–H groups in total. The SMILES string of the molecule is CC(N)C(Oc1ccc(Cl)cc1Br)c1ccccn1. The molecule has 0 bridgehead atoms. The standard InChI is InChI=1S/C14H14BrClN2O/c1-9(17)14(12-4-2-3-7-18-12)19-13-6-5-10(16)8-11(13)15/h2-9,14H,17H2,1H3. The maximum Gasteiger partial charge on any atom is 0.155 e. The number of pyridine rings is 1. The first-order valence-electron chi connectivity index (χ1n) is 5.86. The highest BCUT2D eigenvalue weighted by Crippen LogP contribution is 2.32. The predicted molar refractivity (Wildman–Crippen MR) is 80.4 cm³/mol. The van der Waals surface area contributed by atoms with Crippen LogP contribution < -0.4 is 10.5 Å². The van der Waals surface area contributed by atoms with E-state index in [1.807, 2.05) is 31.2 Å². The minimum atomic E-state index is -0.307. The molecule has 0 spiro atoms. The van der Waals surface area contributed by atoms with E-state index in [2.05, 4.69) is 20.9 Å². The molecule has 0 aliphatic rings. The summed E-state index contributed by atoms with van der Waals surface area (Å²) in [6, 6.07) is 10.9. The lowest BCUT2D eigenvalue weighted by atomic mass is 10.1. The summed E-state index contributed by atoms with van der Waals surface area (Å²) in [6.45, 7) is 1.89. The van der Waals surface area contributed by atoms with Crippen LogP contribution in [-0.4, -0.2) is 11.0 Å². The molecule has 1 aromatic heterocycles. The minimum Gasteiger partial charge on any atom is -0.481 e. The third kappa shape index (κ3) is 3.69. The molecule has 19 heavy (non-hydrogen) atoms. The van der Waals surface area contributed by atoms with Gasteiger partial charge in [-0.3, -0.25) is 4.98 Å². The molecule has 5 heteroatoms.